The second-order valence-corrected chi connectivity index (χ2v) is 7.67. The van der Waals surface area contributed by atoms with Crippen LogP contribution in [0.4, 0.5) is 0 Å². The zero-order valence-corrected chi connectivity index (χ0v) is 13.1. The van der Waals surface area contributed by atoms with Crippen molar-refractivity contribution in [3.63, 3.8) is 0 Å². The average Bonchev–Trinajstić information content (AvgIpc) is 2.64. The predicted octanol–water partition coefficient (Wildman–Crippen LogP) is 3.27. The van der Waals surface area contributed by atoms with Gasteiger partial charge in [0.1, 0.15) is 0 Å². The molecule has 2 bridgehead atoms. The lowest BCUT2D eigenvalue weighted by atomic mass is 9.77. The fourth-order valence-electron chi connectivity index (χ4n) is 4.88. The number of piperidine rings is 1. The lowest BCUT2D eigenvalue weighted by Crippen LogP contribution is -2.46. The van der Waals surface area contributed by atoms with E-state index >= 15 is 0 Å². The van der Waals surface area contributed by atoms with E-state index in [1.165, 1.54) is 51.5 Å². The van der Waals surface area contributed by atoms with E-state index in [2.05, 4.69) is 31.1 Å². The molecule has 1 aliphatic carbocycles. The van der Waals surface area contributed by atoms with Crippen LogP contribution in [0, 0.1) is 17.8 Å². The summed E-state index contributed by atoms with van der Waals surface area (Å²) in [5.74, 6) is 2.73. The van der Waals surface area contributed by atoms with Gasteiger partial charge < -0.3 is 10.2 Å². The second-order valence-electron chi connectivity index (χ2n) is 7.67. The van der Waals surface area contributed by atoms with E-state index in [4.69, 9.17) is 0 Å². The quantitative estimate of drug-likeness (QED) is 0.841. The van der Waals surface area contributed by atoms with Gasteiger partial charge in [-0.05, 0) is 63.5 Å². The second kappa shape index (κ2) is 5.73. The van der Waals surface area contributed by atoms with E-state index in [1.54, 1.807) is 0 Å². The maximum Gasteiger partial charge on any atom is 0.00988 e. The van der Waals surface area contributed by atoms with Gasteiger partial charge in [0, 0.05) is 18.1 Å². The molecule has 2 heterocycles. The molecule has 19 heavy (non-hydrogen) atoms. The zero-order valence-electron chi connectivity index (χ0n) is 13.1. The summed E-state index contributed by atoms with van der Waals surface area (Å²) in [6, 6.07) is 2.59. The Bertz CT molecular complexity index is 290. The average molecular weight is 264 g/mol. The van der Waals surface area contributed by atoms with E-state index in [0.717, 1.165) is 35.9 Å². The summed E-state index contributed by atoms with van der Waals surface area (Å²) in [6.07, 6.45) is 10.1. The van der Waals surface area contributed by atoms with Gasteiger partial charge in [0.25, 0.3) is 0 Å². The molecule has 3 fully saturated rings. The predicted molar refractivity (Wildman–Crippen MR) is 81.3 cm³/mol. The van der Waals surface area contributed by atoms with Crippen LogP contribution in [-0.4, -0.2) is 36.6 Å². The highest BCUT2D eigenvalue weighted by molar-refractivity contribution is 4.94. The van der Waals surface area contributed by atoms with Crippen molar-refractivity contribution in [3.05, 3.63) is 0 Å². The molecule has 0 aromatic carbocycles. The van der Waals surface area contributed by atoms with E-state index in [9.17, 15) is 0 Å². The summed E-state index contributed by atoms with van der Waals surface area (Å²) in [5, 5.41) is 3.94. The Morgan fingerprint density at radius 1 is 1.00 bits per heavy atom. The van der Waals surface area contributed by atoms with Crippen LogP contribution >= 0.6 is 0 Å². The number of rotatable bonds is 3. The van der Waals surface area contributed by atoms with Gasteiger partial charge in [0.2, 0.25) is 0 Å². The Kier molecular flexibility index (Phi) is 4.19. The minimum Gasteiger partial charge on any atom is -0.313 e. The number of hydrogen-bond donors (Lipinski definition) is 1. The van der Waals surface area contributed by atoms with Gasteiger partial charge in [-0.3, -0.25) is 0 Å². The van der Waals surface area contributed by atoms with Gasteiger partial charge in [0.05, 0.1) is 0 Å². The van der Waals surface area contributed by atoms with Gasteiger partial charge >= 0.3 is 0 Å². The number of fused-ring (bicyclic) bond motifs is 2. The molecule has 5 unspecified atom stereocenters. The monoisotopic (exact) mass is 264 g/mol. The van der Waals surface area contributed by atoms with Crippen LogP contribution < -0.4 is 5.32 Å². The van der Waals surface area contributed by atoms with E-state index in [0.29, 0.717) is 0 Å². The topological polar surface area (TPSA) is 15.3 Å². The molecule has 110 valence electrons. The molecule has 3 aliphatic rings. The van der Waals surface area contributed by atoms with Crippen LogP contribution in [0.3, 0.4) is 0 Å². The van der Waals surface area contributed by atoms with Crippen LogP contribution in [0.25, 0.3) is 0 Å². The zero-order chi connectivity index (χ0) is 13.4. The molecule has 0 spiro atoms. The van der Waals surface area contributed by atoms with Crippen molar-refractivity contribution < 1.29 is 0 Å². The summed E-state index contributed by atoms with van der Waals surface area (Å²) >= 11 is 0. The molecule has 0 aromatic heterocycles. The molecule has 3 rings (SSSR count). The molecule has 0 amide bonds. The van der Waals surface area contributed by atoms with Crippen molar-refractivity contribution in [1.82, 2.24) is 10.2 Å². The molecule has 1 N–H and O–H groups in total. The first-order valence-corrected chi connectivity index (χ1v) is 8.60. The van der Waals surface area contributed by atoms with Gasteiger partial charge in [-0.2, -0.15) is 0 Å². The summed E-state index contributed by atoms with van der Waals surface area (Å²) in [7, 11) is 2.34. The van der Waals surface area contributed by atoms with Crippen LogP contribution in [0.5, 0.6) is 0 Å². The third-order valence-electron chi connectivity index (χ3n) is 6.57. The Labute approximate surface area is 119 Å². The first kappa shape index (κ1) is 13.9. The maximum atomic E-state index is 3.94. The summed E-state index contributed by atoms with van der Waals surface area (Å²) in [4.78, 5) is 2.65. The molecule has 0 aromatic rings. The molecule has 5 atom stereocenters. The van der Waals surface area contributed by atoms with Gasteiger partial charge in [0.15, 0.2) is 0 Å². The van der Waals surface area contributed by atoms with E-state index < -0.39 is 0 Å². The minimum atomic E-state index is 0.793. The molecule has 0 radical (unpaired) electrons. The Balaban J connectivity index is 1.48. The van der Waals surface area contributed by atoms with Crippen LogP contribution in [0.1, 0.15) is 58.8 Å². The number of nitrogens with one attached hydrogen (secondary N) is 1. The molecule has 2 nitrogen and oxygen atoms in total. The number of hydrogen-bond acceptors (Lipinski definition) is 2. The Morgan fingerprint density at radius 3 is 2.37 bits per heavy atom. The van der Waals surface area contributed by atoms with Crippen molar-refractivity contribution >= 4 is 0 Å². The van der Waals surface area contributed by atoms with E-state index in [1.807, 2.05) is 0 Å². The Morgan fingerprint density at radius 2 is 1.68 bits per heavy atom. The van der Waals surface area contributed by atoms with Gasteiger partial charge in [-0.15, -0.1) is 0 Å². The molecule has 1 saturated carbocycles. The molecule has 2 heteroatoms. The number of nitrogens with zero attached hydrogens (tertiary/aromatic N) is 1. The SMILES string of the molecule is CC1CCCC(NCC2CC3CCC(C2)N3C)C1C. The fraction of sp³-hybridized carbons (Fsp3) is 1.00. The highest BCUT2D eigenvalue weighted by Gasteiger charge is 2.38. The Hall–Kier alpha value is -0.0800. The van der Waals surface area contributed by atoms with E-state index in [-0.39, 0.29) is 0 Å². The van der Waals surface area contributed by atoms with Crippen molar-refractivity contribution in [2.75, 3.05) is 13.6 Å². The van der Waals surface area contributed by atoms with Crippen LogP contribution in [0.2, 0.25) is 0 Å². The van der Waals surface area contributed by atoms with Crippen LogP contribution in [0.15, 0.2) is 0 Å². The first-order chi connectivity index (χ1) is 9.15. The molecule has 2 aliphatic heterocycles. The van der Waals surface area contributed by atoms with Crippen molar-refractivity contribution in [2.24, 2.45) is 17.8 Å². The molecular formula is C17H32N2. The summed E-state index contributed by atoms with van der Waals surface area (Å²) in [5.41, 5.74) is 0. The molecular weight excluding hydrogens is 232 g/mol. The minimum absolute atomic E-state index is 0.793. The summed E-state index contributed by atoms with van der Waals surface area (Å²) in [6.45, 7) is 6.18. The van der Waals surface area contributed by atoms with Gasteiger partial charge in [-0.25, -0.2) is 0 Å². The molecule has 2 saturated heterocycles. The highest BCUT2D eigenvalue weighted by atomic mass is 15.2. The van der Waals surface area contributed by atoms with Crippen LogP contribution in [-0.2, 0) is 0 Å². The lowest BCUT2D eigenvalue weighted by Gasteiger charge is -2.39. The fourth-order valence-corrected chi connectivity index (χ4v) is 4.88. The normalized spacial score (nSPS) is 47.5. The van der Waals surface area contributed by atoms with Crippen molar-refractivity contribution in [3.8, 4) is 0 Å². The standard InChI is InChI=1S/C17H32N2/c1-12-5-4-6-17(13(12)2)18-11-14-9-15-7-8-16(10-14)19(15)3/h12-18H,4-11H2,1-3H3. The highest BCUT2D eigenvalue weighted by Crippen LogP contribution is 2.37. The lowest BCUT2D eigenvalue weighted by molar-refractivity contribution is 0.123. The smallest absolute Gasteiger partial charge is 0.00988 e. The van der Waals surface area contributed by atoms with Gasteiger partial charge in [-0.1, -0.05) is 26.7 Å². The maximum absolute atomic E-state index is 3.94. The third kappa shape index (κ3) is 2.85. The first-order valence-electron chi connectivity index (χ1n) is 8.60. The van der Waals surface area contributed by atoms with Crippen molar-refractivity contribution in [2.45, 2.75) is 76.9 Å². The van der Waals surface area contributed by atoms with Crippen molar-refractivity contribution in [1.29, 1.82) is 0 Å². The largest absolute Gasteiger partial charge is 0.313 e. The third-order valence-corrected chi connectivity index (χ3v) is 6.57. The summed E-state index contributed by atoms with van der Waals surface area (Å²) < 4.78 is 0.